The molecule has 2 atom stereocenters. The van der Waals surface area contributed by atoms with E-state index >= 15 is 4.79 Å². The molecule has 1 saturated heterocycles. The lowest BCUT2D eigenvalue weighted by molar-refractivity contribution is -0.115. The number of aliphatic imine (C=N–C) groups is 1. The van der Waals surface area contributed by atoms with Crippen molar-refractivity contribution < 1.29 is 28.2 Å². The molecule has 0 aliphatic carbocycles. The van der Waals surface area contributed by atoms with Crippen molar-refractivity contribution in [2.24, 2.45) is 12.0 Å². The molecule has 4 aliphatic rings. The summed E-state index contributed by atoms with van der Waals surface area (Å²) in [7, 11) is -0.263. The van der Waals surface area contributed by atoms with Crippen LogP contribution in [0.2, 0.25) is 18.1 Å². The van der Waals surface area contributed by atoms with Crippen molar-refractivity contribution in [2.75, 3.05) is 44.5 Å². The van der Waals surface area contributed by atoms with Crippen LogP contribution in [0.1, 0.15) is 68.1 Å². The van der Waals surface area contributed by atoms with E-state index in [0.717, 1.165) is 30.8 Å². The van der Waals surface area contributed by atoms with E-state index in [-0.39, 0.29) is 29.7 Å². The van der Waals surface area contributed by atoms with Crippen molar-refractivity contribution in [1.29, 1.82) is 0 Å². The van der Waals surface area contributed by atoms with Gasteiger partial charge in [-0.3, -0.25) is 29.1 Å². The summed E-state index contributed by atoms with van der Waals surface area (Å²) in [4.78, 5) is 41.6. The fourth-order valence-corrected chi connectivity index (χ4v) is 9.08. The van der Waals surface area contributed by atoms with Crippen LogP contribution < -0.4 is 18.8 Å². The Balaban J connectivity index is 1.20. The van der Waals surface area contributed by atoms with E-state index in [1.165, 1.54) is 5.56 Å². The van der Waals surface area contributed by atoms with Crippen LogP contribution in [0, 0.1) is 0 Å². The van der Waals surface area contributed by atoms with Crippen molar-refractivity contribution in [2.45, 2.75) is 83.7 Å². The van der Waals surface area contributed by atoms with Gasteiger partial charge >= 0.3 is 0 Å². The first-order valence-corrected chi connectivity index (χ1v) is 23.6. The average molecular weight is 817 g/mol. The highest BCUT2D eigenvalue weighted by molar-refractivity contribution is 6.74. The first-order valence-electron chi connectivity index (χ1n) is 20.7. The van der Waals surface area contributed by atoms with Crippen LogP contribution in [0.15, 0.2) is 89.7 Å². The highest BCUT2D eigenvalue weighted by atomic mass is 28.4. The molecule has 0 saturated carbocycles. The Morgan fingerprint density at radius 2 is 1.68 bits per heavy atom. The molecule has 4 aromatic rings. The first-order chi connectivity index (χ1) is 28.1. The van der Waals surface area contributed by atoms with Gasteiger partial charge in [0.2, 0.25) is 15.1 Å². The van der Waals surface area contributed by atoms with Crippen LogP contribution in [0.4, 0.5) is 11.4 Å². The third-order valence-electron chi connectivity index (χ3n) is 12.7. The molecular formula is C46H56N6O6Si. The number of carbonyl (C=O) groups excluding carboxylic acids is 2. The molecule has 12 nitrogen and oxygen atoms in total. The minimum Gasteiger partial charge on any atom is -0.544 e. The third kappa shape index (κ3) is 8.07. The molecule has 4 aliphatic heterocycles. The minimum absolute atomic E-state index is 0.0284. The maximum Gasteiger partial charge on any atom is 0.261 e. The normalized spacial score (nSPS) is 20.5. The van der Waals surface area contributed by atoms with Gasteiger partial charge < -0.3 is 23.5 Å². The van der Waals surface area contributed by atoms with Gasteiger partial charge in [0.25, 0.3) is 11.8 Å². The Bertz CT molecular complexity index is 2310. The second-order valence-electron chi connectivity index (χ2n) is 17.9. The van der Waals surface area contributed by atoms with Crippen LogP contribution >= 0.6 is 0 Å². The molecule has 0 bridgehead atoms. The zero-order valence-electron chi connectivity index (χ0n) is 35.6. The highest BCUT2D eigenvalue weighted by Gasteiger charge is 2.43. The monoisotopic (exact) mass is 816 g/mol. The Morgan fingerprint density at radius 3 is 2.36 bits per heavy atom. The molecule has 1 unspecified atom stereocenters. The Hall–Kier alpha value is -5.24. The maximum absolute atomic E-state index is 15.4. The molecular weight excluding hydrogens is 761 g/mol. The van der Waals surface area contributed by atoms with E-state index in [1.54, 1.807) is 21.8 Å². The van der Waals surface area contributed by atoms with Gasteiger partial charge in [0.1, 0.15) is 5.75 Å². The number of fused-ring (bicyclic) bond motifs is 2. The largest absolute Gasteiger partial charge is 0.544 e. The van der Waals surface area contributed by atoms with Crippen LogP contribution in [0.3, 0.4) is 0 Å². The molecule has 310 valence electrons. The number of amides is 2. The van der Waals surface area contributed by atoms with E-state index in [4.69, 9.17) is 23.6 Å². The Kier molecular flexibility index (Phi) is 10.8. The van der Waals surface area contributed by atoms with Crippen molar-refractivity contribution in [3.8, 4) is 17.2 Å². The molecule has 0 N–H and O–H groups in total. The number of hydrogen-bond donors (Lipinski definition) is 0. The summed E-state index contributed by atoms with van der Waals surface area (Å²) in [6.45, 7) is 19.4. The van der Waals surface area contributed by atoms with E-state index in [9.17, 15) is 4.79 Å². The van der Waals surface area contributed by atoms with E-state index in [0.29, 0.717) is 78.0 Å². The number of carbonyl (C=O) groups is 2. The average Bonchev–Trinajstić information content (AvgIpc) is 3.95. The van der Waals surface area contributed by atoms with Crippen molar-refractivity contribution in [1.82, 2.24) is 19.6 Å². The summed E-state index contributed by atoms with van der Waals surface area (Å²) in [6.07, 6.45) is 6.75. The number of ether oxygens (including phenoxy) is 3. The fourth-order valence-electron chi connectivity index (χ4n) is 8.05. The smallest absolute Gasteiger partial charge is 0.261 e. The first kappa shape index (κ1) is 40.5. The van der Waals surface area contributed by atoms with E-state index < -0.39 is 13.9 Å². The van der Waals surface area contributed by atoms with Gasteiger partial charge in [-0.15, -0.1) is 0 Å². The standard InChI is InChI=1S/C46H56N6O6Si/c1-31-23-32-11-9-10-12-33(32)28-51(31)43(53)38-25-42-41(56-30-57-42)24-37(38)40-26-39(46(5,48-40)17-18-50-19-21-55-22-20-50)44(54)52(35-27-47-49(6)29-35)34-13-15-36(16-14-34)58-59(7,8)45(2,3)4/h9-16,24-27,29,31H,17-23,28,30H2,1-8H3/t31-,46?/m1/s1. The number of hydrogen-bond acceptors (Lipinski definition) is 9. The predicted octanol–water partition coefficient (Wildman–Crippen LogP) is 7.69. The van der Waals surface area contributed by atoms with Gasteiger partial charge in [0.05, 0.1) is 41.9 Å². The number of aryl methyl sites for hydroxylation is 1. The molecule has 13 heteroatoms. The van der Waals surface area contributed by atoms with Gasteiger partial charge in [-0.1, -0.05) is 45.0 Å². The molecule has 59 heavy (non-hydrogen) atoms. The van der Waals surface area contributed by atoms with E-state index in [1.807, 2.05) is 73.6 Å². The number of allylic oxidation sites excluding steroid dienone is 1. The van der Waals surface area contributed by atoms with Crippen molar-refractivity contribution in [3.05, 3.63) is 107 Å². The van der Waals surface area contributed by atoms with Gasteiger partial charge in [-0.2, -0.15) is 5.10 Å². The fraction of sp³-hybridized carbons (Fsp3) is 0.435. The molecule has 8 rings (SSSR count). The summed E-state index contributed by atoms with van der Waals surface area (Å²) in [6, 6.07) is 19.7. The summed E-state index contributed by atoms with van der Waals surface area (Å²) >= 11 is 0. The molecule has 1 aromatic heterocycles. The topological polar surface area (TPSA) is 111 Å². The molecule has 0 spiro atoms. The molecule has 5 heterocycles. The van der Waals surface area contributed by atoms with Gasteiger partial charge in [-0.05, 0) is 98.4 Å². The number of rotatable bonds is 10. The summed E-state index contributed by atoms with van der Waals surface area (Å²) < 4.78 is 25.7. The zero-order valence-corrected chi connectivity index (χ0v) is 36.6. The van der Waals surface area contributed by atoms with Crippen molar-refractivity contribution >= 4 is 37.2 Å². The number of benzene rings is 3. The minimum atomic E-state index is -2.10. The molecule has 2 amide bonds. The predicted molar refractivity (Wildman–Crippen MR) is 232 cm³/mol. The Labute approximate surface area is 348 Å². The third-order valence-corrected chi connectivity index (χ3v) is 17.0. The summed E-state index contributed by atoms with van der Waals surface area (Å²) in [5, 5.41) is 4.49. The second kappa shape index (κ2) is 15.7. The Morgan fingerprint density at radius 1 is 0.983 bits per heavy atom. The van der Waals surface area contributed by atoms with Crippen LogP contribution in [0.25, 0.3) is 0 Å². The molecule has 1 fully saturated rings. The van der Waals surface area contributed by atoms with Crippen LogP contribution in [-0.2, 0) is 29.5 Å². The summed E-state index contributed by atoms with van der Waals surface area (Å²) in [5.74, 6) is 1.47. The number of aromatic nitrogens is 2. The lowest BCUT2D eigenvalue weighted by atomic mass is 9.88. The van der Waals surface area contributed by atoms with Crippen LogP contribution in [0.5, 0.6) is 17.2 Å². The maximum atomic E-state index is 15.4. The quantitative estimate of drug-likeness (QED) is 0.150. The SMILES string of the molecule is C[C@@H]1Cc2ccccc2CN1C(=O)c1cc2c(cc1C1=NC(C)(CCN3CCOCC3)C(C(=O)N(c3ccc(O[Si](C)(C)C(C)(C)C)cc3)c3cnn(C)c3)=C1)OCO2. The number of morpholine rings is 1. The van der Waals surface area contributed by atoms with Gasteiger partial charge in [0, 0.05) is 62.3 Å². The summed E-state index contributed by atoms with van der Waals surface area (Å²) in [5.41, 5.74) is 4.88. The lowest BCUT2D eigenvalue weighted by Gasteiger charge is -2.36. The number of nitrogens with zero attached hydrogens (tertiary/aromatic N) is 6. The van der Waals surface area contributed by atoms with Crippen molar-refractivity contribution in [3.63, 3.8) is 0 Å². The zero-order chi connectivity index (χ0) is 41.7. The molecule has 3 aromatic carbocycles. The number of anilines is 2. The van der Waals surface area contributed by atoms with E-state index in [2.05, 4.69) is 62.9 Å². The lowest BCUT2D eigenvalue weighted by Crippen LogP contribution is -2.43. The second-order valence-corrected chi connectivity index (χ2v) is 22.6. The molecule has 0 radical (unpaired) electrons. The van der Waals surface area contributed by atoms with Gasteiger partial charge in [-0.25, -0.2) is 0 Å². The van der Waals surface area contributed by atoms with Gasteiger partial charge in [0.15, 0.2) is 11.5 Å². The highest BCUT2D eigenvalue weighted by Crippen LogP contribution is 2.42. The van der Waals surface area contributed by atoms with Crippen LogP contribution in [-0.4, -0.2) is 96.6 Å².